The summed E-state index contributed by atoms with van der Waals surface area (Å²) in [5.41, 5.74) is 0.0674. The van der Waals surface area contributed by atoms with Gasteiger partial charge in [0.25, 0.3) is 5.91 Å². The van der Waals surface area contributed by atoms with Crippen molar-refractivity contribution in [2.45, 2.75) is 58.8 Å². The summed E-state index contributed by atoms with van der Waals surface area (Å²) in [5, 5.41) is 2.96. The van der Waals surface area contributed by atoms with Crippen molar-refractivity contribution >= 4 is 11.9 Å². The van der Waals surface area contributed by atoms with Crippen LogP contribution in [0.5, 0.6) is 11.5 Å². The second kappa shape index (κ2) is 9.71. The Morgan fingerprint density at radius 2 is 1.89 bits per heavy atom. The highest BCUT2D eigenvalue weighted by atomic mass is 19.3. The van der Waals surface area contributed by atoms with Gasteiger partial charge < -0.3 is 19.5 Å². The lowest BCUT2D eigenvalue weighted by Crippen LogP contribution is -2.47. The normalized spacial score (nSPS) is 23.0. The third kappa shape index (κ3) is 5.56. The Morgan fingerprint density at radius 1 is 1.18 bits per heavy atom. The number of nitrogens with one attached hydrogen (secondary N) is 1. The molecule has 28 heavy (non-hydrogen) atoms. The molecule has 1 fully saturated rings. The fraction of sp³-hybridized carbons (Fsp3) is 0.600. The minimum absolute atomic E-state index is 0.0307. The van der Waals surface area contributed by atoms with E-state index in [-0.39, 0.29) is 29.0 Å². The highest BCUT2D eigenvalue weighted by Crippen LogP contribution is 2.31. The van der Waals surface area contributed by atoms with Gasteiger partial charge in [0.05, 0.1) is 12.7 Å². The van der Waals surface area contributed by atoms with Crippen LogP contribution < -0.4 is 14.8 Å². The number of alkyl halides is 2. The maximum absolute atomic E-state index is 12.4. The first-order chi connectivity index (χ1) is 13.2. The van der Waals surface area contributed by atoms with E-state index in [4.69, 9.17) is 9.47 Å². The van der Waals surface area contributed by atoms with Crippen LogP contribution in [0.15, 0.2) is 18.2 Å². The van der Waals surface area contributed by atoms with Crippen LogP contribution in [0.1, 0.15) is 50.4 Å². The average Bonchev–Trinajstić information content (AvgIpc) is 2.65. The third-order valence-electron chi connectivity index (χ3n) is 5.30. The van der Waals surface area contributed by atoms with Gasteiger partial charge in [0, 0.05) is 6.04 Å². The Balaban J connectivity index is 1.98. The first kappa shape index (κ1) is 21.9. The first-order valence-corrected chi connectivity index (χ1v) is 9.37. The molecule has 0 radical (unpaired) electrons. The van der Waals surface area contributed by atoms with Crippen molar-refractivity contribution in [3.05, 3.63) is 23.8 Å². The number of hydrogen-bond donors (Lipinski definition) is 1. The van der Waals surface area contributed by atoms with E-state index in [1.54, 1.807) is 0 Å². The molecule has 1 N–H and O–H groups in total. The van der Waals surface area contributed by atoms with Crippen molar-refractivity contribution in [2.24, 2.45) is 11.8 Å². The molecule has 1 aromatic rings. The Hall–Kier alpha value is -2.38. The minimum atomic E-state index is -3.01. The number of methoxy groups -OCH3 is 1. The summed E-state index contributed by atoms with van der Waals surface area (Å²) in [4.78, 5) is 24.7. The summed E-state index contributed by atoms with van der Waals surface area (Å²) in [5.74, 6) is -0.457. The summed E-state index contributed by atoms with van der Waals surface area (Å²) in [6.07, 6.45) is 2.11. The van der Waals surface area contributed by atoms with Gasteiger partial charge in [-0.1, -0.05) is 26.7 Å². The van der Waals surface area contributed by atoms with E-state index in [0.717, 1.165) is 19.3 Å². The van der Waals surface area contributed by atoms with E-state index in [1.165, 1.54) is 32.2 Å². The fourth-order valence-electron chi connectivity index (χ4n) is 3.36. The molecule has 1 aromatic carbocycles. The van der Waals surface area contributed by atoms with Gasteiger partial charge in [-0.05, 0) is 43.4 Å². The van der Waals surface area contributed by atoms with E-state index in [0.29, 0.717) is 11.8 Å². The minimum Gasteiger partial charge on any atom is -0.493 e. The number of amides is 1. The predicted molar refractivity (Wildman–Crippen MR) is 98.6 cm³/mol. The van der Waals surface area contributed by atoms with Crippen molar-refractivity contribution < 1.29 is 32.6 Å². The molecule has 156 valence electrons. The summed E-state index contributed by atoms with van der Waals surface area (Å²) in [6, 6.07) is 3.76. The first-order valence-electron chi connectivity index (χ1n) is 9.37. The highest BCUT2D eigenvalue weighted by Gasteiger charge is 2.30. The van der Waals surface area contributed by atoms with Crippen molar-refractivity contribution in [1.82, 2.24) is 5.32 Å². The summed E-state index contributed by atoms with van der Waals surface area (Å²) in [6.45, 7) is 2.76. The Labute approximate surface area is 163 Å². The van der Waals surface area contributed by atoms with Crippen LogP contribution in [0.25, 0.3) is 0 Å². The maximum Gasteiger partial charge on any atom is 0.387 e. The topological polar surface area (TPSA) is 73.9 Å². The zero-order valence-electron chi connectivity index (χ0n) is 16.5. The third-order valence-corrected chi connectivity index (χ3v) is 5.30. The van der Waals surface area contributed by atoms with Crippen molar-refractivity contribution in [3.8, 4) is 11.5 Å². The molecule has 4 atom stereocenters. The van der Waals surface area contributed by atoms with Gasteiger partial charge in [-0.15, -0.1) is 0 Å². The van der Waals surface area contributed by atoms with Gasteiger partial charge >= 0.3 is 12.6 Å². The summed E-state index contributed by atoms with van der Waals surface area (Å²) in [7, 11) is 1.27. The molecular weight excluding hydrogens is 372 g/mol. The fourth-order valence-corrected chi connectivity index (χ4v) is 3.36. The lowest BCUT2D eigenvalue weighted by atomic mass is 9.78. The number of benzene rings is 1. The second-order valence-electron chi connectivity index (χ2n) is 7.17. The molecule has 6 nitrogen and oxygen atoms in total. The molecule has 0 spiro atoms. The zero-order chi connectivity index (χ0) is 20.8. The van der Waals surface area contributed by atoms with E-state index in [9.17, 15) is 18.4 Å². The molecule has 0 heterocycles. The average molecular weight is 399 g/mol. The SMILES string of the molecule is COc1cc(C(=O)O[C@H](C)C(=O)N[C@H]2CCC[C@H](C)[C@H]2C)ccc1OC(F)F. The molecule has 0 aromatic heterocycles. The number of ether oxygens (including phenoxy) is 3. The van der Waals surface area contributed by atoms with Crippen molar-refractivity contribution in [2.75, 3.05) is 7.11 Å². The van der Waals surface area contributed by atoms with E-state index >= 15 is 0 Å². The number of halogens is 2. The zero-order valence-corrected chi connectivity index (χ0v) is 16.5. The number of hydrogen-bond acceptors (Lipinski definition) is 5. The van der Waals surface area contributed by atoms with Gasteiger partial charge in [0.1, 0.15) is 0 Å². The molecule has 0 saturated heterocycles. The monoisotopic (exact) mass is 399 g/mol. The Kier molecular flexibility index (Phi) is 7.60. The molecule has 1 amide bonds. The lowest BCUT2D eigenvalue weighted by Gasteiger charge is -2.35. The van der Waals surface area contributed by atoms with Gasteiger partial charge in [0.2, 0.25) is 0 Å². The van der Waals surface area contributed by atoms with Crippen LogP contribution in [0.3, 0.4) is 0 Å². The lowest BCUT2D eigenvalue weighted by molar-refractivity contribution is -0.130. The molecular formula is C20H27F2NO5. The van der Waals surface area contributed by atoms with Crippen molar-refractivity contribution in [3.63, 3.8) is 0 Å². The number of rotatable bonds is 7. The molecule has 8 heteroatoms. The second-order valence-corrected chi connectivity index (χ2v) is 7.17. The molecule has 2 rings (SSSR count). The highest BCUT2D eigenvalue weighted by molar-refractivity contribution is 5.92. The van der Waals surface area contributed by atoms with E-state index in [2.05, 4.69) is 23.9 Å². The van der Waals surface area contributed by atoms with Gasteiger partial charge in [0.15, 0.2) is 17.6 Å². The number of carbonyl (C=O) groups excluding carboxylic acids is 2. The smallest absolute Gasteiger partial charge is 0.387 e. The van der Waals surface area contributed by atoms with Crippen molar-refractivity contribution in [1.29, 1.82) is 0 Å². The molecule has 0 unspecified atom stereocenters. The Bertz CT molecular complexity index is 697. The van der Waals surface area contributed by atoms with Crippen LogP contribution in [0.4, 0.5) is 8.78 Å². The van der Waals surface area contributed by atoms with Gasteiger partial charge in [-0.3, -0.25) is 4.79 Å². The maximum atomic E-state index is 12.4. The molecule has 0 bridgehead atoms. The number of carbonyl (C=O) groups is 2. The molecule has 0 aliphatic heterocycles. The van der Waals surface area contributed by atoms with Crippen LogP contribution in [-0.2, 0) is 9.53 Å². The summed E-state index contributed by atoms with van der Waals surface area (Å²) < 4.78 is 39.3. The van der Waals surface area contributed by atoms with E-state index < -0.39 is 18.7 Å². The van der Waals surface area contributed by atoms with Gasteiger partial charge in [-0.25, -0.2) is 4.79 Å². The largest absolute Gasteiger partial charge is 0.493 e. The number of esters is 1. The summed E-state index contributed by atoms with van der Waals surface area (Å²) >= 11 is 0. The van der Waals surface area contributed by atoms with E-state index in [1.807, 2.05) is 0 Å². The molecule has 1 aliphatic carbocycles. The van der Waals surface area contributed by atoms with Crippen LogP contribution in [0, 0.1) is 11.8 Å². The quantitative estimate of drug-likeness (QED) is 0.707. The van der Waals surface area contributed by atoms with Gasteiger partial charge in [-0.2, -0.15) is 8.78 Å². The van der Waals surface area contributed by atoms with Crippen LogP contribution in [0.2, 0.25) is 0 Å². The predicted octanol–water partition coefficient (Wildman–Crippen LogP) is 3.78. The van der Waals surface area contributed by atoms with Crippen LogP contribution in [-0.4, -0.2) is 37.7 Å². The molecule has 1 aliphatic rings. The Morgan fingerprint density at radius 3 is 2.54 bits per heavy atom. The molecule has 1 saturated carbocycles. The van der Waals surface area contributed by atoms with Crippen LogP contribution >= 0.6 is 0 Å². The standard InChI is InChI=1S/C20H27F2NO5/c1-11-6-5-7-15(12(11)2)23-18(24)13(3)27-19(25)14-8-9-16(28-20(21)22)17(10-14)26-4/h8-13,15,20H,5-7H2,1-4H3,(H,23,24)/t11-,12+,13+,15-/m0/s1.